The summed E-state index contributed by atoms with van der Waals surface area (Å²) in [4.78, 5) is 42.3. The van der Waals surface area contributed by atoms with Gasteiger partial charge in [-0.05, 0) is 35.9 Å². The van der Waals surface area contributed by atoms with Crippen LogP contribution < -0.4 is 0 Å². The molecule has 33 heavy (non-hydrogen) atoms. The lowest BCUT2D eigenvalue weighted by atomic mass is 9.98. The fourth-order valence-corrected chi connectivity index (χ4v) is 4.29. The number of carbonyl (C=O) groups excluding carboxylic acids is 2. The van der Waals surface area contributed by atoms with Crippen LogP contribution in [0.25, 0.3) is 10.8 Å². The van der Waals surface area contributed by atoms with E-state index in [9.17, 15) is 19.7 Å². The van der Waals surface area contributed by atoms with Crippen molar-refractivity contribution in [3.63, 3.8) is 0 Å². The summed E-state index contributed by atoms with van der Waals surface area (Å²) >= 11 is 2.69. The highest BCUT2D eigenvalue weighted by molar-refractivity contribution is 7.98. The molecule has 2 aromatic carbocycles. The number of nitro groups is 1. The van der Waals surface area contributed by atoms with Gasteiger partial charge in [-0.1, -0.05) is 24.3 Å². The van der Waals surface area contributed by atoms with E-state index in [1.807, 2.05) is 17.5 Å². The molecular weight excluding hydrogens is 464 g/mol. The van der Waals surface area contributed by atoms with Crippen molar-refractivity contribution in [2.75, 3.05) is 6.26 Å². The molecule has 4 rings (SSSR count). The monoisotopic (exact) mass is 480 g/mol. The number of thiophene rings is 1. The van der Waals surface area contributed by atoms with Gasteiger partial charge in [0.25, 0.3) is 5.69 Å². The van der Waals surface area contributed by atoms with Crippen molar-refractivity contribution >= 4 is 40.5 Å². The van der Waals surface area contributed by atoms with Gasteiger partial charge in [-0.25, -0.2) is 9.78 Å². The normalized spacial score (nSPS) is 10.7. The van der Waals surface area contributed by atoms with Crippen molar-refractivity contribution in [3.8, 4) is 10.8 Å². The number of benzene rings is 2. The number of aromatic nitrogens is 1. The van der Waals surface area contributed by atoms with Crippen LogP contribution in [0.5, 0.6) is 0 Å². The van der Waals surface area contributed by atoms with Crippen LogP contribution in [0.15, 0.2) is 75.6 Å². The molecule has 8 nitrogen and oxygen atoms in total. The fourth-order valence-electron chi connectivity index (χ4n) is 3.09. The number of rotatable bonds is 8. The summed E-state index contributed by atoms with van der Waals surface area (Å²) in [6.07, 6.45) is 3.12. The van der Waals surface area contributed by atoms with Gasteiger partial charge in [-0.15, -0.1) is 23.1 Å². The van der Waals surface area contributed by atoms with Crippen LogP contribution in [0.3, 0.4) is 0 Å². The first kappa shape index (κ1) is 22.4. The Bertz CT molecular complexity index is 1330. The Kier molecular flexibility index (Phi) is 6.66. The lowest BCUT2D eigenvalue weighted by molar-refractivity contribution is -0.387. The number of nitro benzene ring substituents is 1. The first-order chi connectivity index (χ1) is 16.0. The Hall–Kier alpha value is -3.76. The van der Waals surface area contributed by atoms with Crippen molar-refractivity contribution in [2.24, 2.45) is 0 Å². The highest BCUT2D eigenvalue weighted by Gasteiger charge is 2.23. The zero-order valence-electron chi connectivity index (χ0n) is 17.2. The molecule has 0 atom stereocenters. The number of carbonyl (C=O) groups is 2. The first-order valence-electron chi connectivity index (χ1n) is 9.59. The van der Waals surface area contributed by atoms with E-state index < -0.39 is 16.7 Å². The van der Waals surface area contributed by atoms with Crippen molar-refractivity contribution in [2.45, 2.75) is 11.5 Å². The lowest BCUT2D eigenvalue weighted by Crippen LogP contribution is -2.13. The molecule has 0 saturated carbocycles. The quantitative estimate of drug-likeness (QED) is 0.105. The second kappa shape index (κ2) is 9.80. The molecule has 0 amide bonds. The van der Waals surface area contributed by atoms with Crippen molar-refractivity contribution in [3.05, 3.63) is 98.7 Å². The number of hydrogen-bond donors (Lipinski definition) is 0. The number of thioether (sulfide) groups is 1. The molecule has 0 spiro atoms. The third-order valence-corrected chi connectivity index (χ3v) is 6.31. The van der Waals surface area contributed by atoms with Crippen LogP contribution in [0, 0.1) is 10.1 Å². The molecule has 2 heterocycles. The average Bonchev–Trinajstić information content (AvgIpc) is 3.53. The minimum Gasteiger partial charge on any atom is -0.455 e. The SMILES string of the molecule is CSc1ccc(C(=O)c2ccccc2C(=O)OCc2coc(-c3cccs3)n2)cc1[N+](=O)[O-]. The first-order valence-corrected chi connectivity index (χ1v) is 11.7. The fraction of sp³-hybridized carbons (Fsp3) is 0.0870. The Labute approximate surface area is 196 Å². The van der Waals surface area contributed by atoms with E-state index in [0.29, 0.717) is 16.5 Å². The van der Waals surface area contributed by atoms with Gasteiger partial charge in [-0.2, -0.15) is 0 Å². The van der Waals surface area contributed by atoms with Gasteiger partial charge in [0, 0.05) is 17.2 Å². The van der Waals surface area contributed by atoms with Crippen LogP contribution in [-0.4, -0.2) is 27.9 Å². The second-order valence-corrected chi connectivity index (χ2v) is 8.51. The average molecular weight is 481 g/mol. The molecule has 10 heteroatoms. The molecule has 0 aliphatic carbocycles. The van der Waals surface area contributed by atoms with E-state index in [4.69, 9.17) is 9.15 Å². The smallest absolute Gasteiger partial charge is 0.339 e. The molecule has 2 aromatic heterocycles. The minimum absolute atomic E-state index is 0.0565. The second-order valence-electron chi connectivity index (χ2n) is 6.72. The lowest BCUT2D eigenvalue weighted by Gasteiger charge is -2.09. The van der Waals surface area contributed by atoms with E-state index in [1.165, 1.54) is 59.7 Å². The van der Waals surface area contributed by atoms with Gasteiger partial charge in [0.2, 0.25) is 5.89 Å². The van der Waals surface area contributed by atoms with Crippen LogP contribution in [0.1, 0.15) is 32.0 Å². The van der Waals surface area contributed by atoms with Crippen molar-refractivity contribution in [1.29, 1.82) is 0 Å². The molecule has 0 bridgehead atoms. The zero-order valence-corrected chi connectivity index (χ0v) is 18.9. The van der Waals surface area contributed by atoms with E-state index in [1.54, 1.807) is 18.4 Å². The summed E-state index contributed by atoms with van der Waals surface area (Å²) in [5, 5.41) is 13.3. The van der Waals surface area contributed by atoms with Gasteiger partial charge in [0.05, 0.1) is 20.3 Å². The van der Waals surface area contributed by atoms with E-state index in [0.717, 1.165) is 4.88 Å². The summed E-state index contributed by atoms with van der Waals surface area (Å²) in [6, 6.07) is 14.2. The molecule has 0 radical (unpaired) electrons. The predicted molar refractivity (Wildman–Crippen MR) is 124 cm³/mol. The van der Waals surface area contributed by atoms with E-state index in [-0.39, 0.29) is 29.0 Å². The summed E-state index contributed by atoms with van der Waals surface area (Å²) < 4.78 is 10.8. The predicted octanol–water partition coefficient (Wildman–Crippen LogP) is 5.62. The van der Waals surface area contributed by atoms with Crippen molar-refractivity contribution < 1.29 is 23.7 Å². The molecule has 0 saturated heterocycles. The highest BCUT2D eigenvalue weighted by atomic mass is 32.2. The Morgan fingerprint density at radius 1 is 1.15 bits per heavy atom. The van der Waals surface area contributed by atoms with Crippen LogP contribution in [0.4, 0.5) is 5.69 Å². The summed E-state index contributed by atoms with van der Waals surface area (Å²) in [5.41, 5.74) is 0.519. The van der Waals surface area contributed by atoms with Crippen molar-refractivity contribution in [1.82, 2.24) is 4.98 Å². The van der Waals surface area contributed by atoms with Gasteiger partial charge in [-0.3, -0.25) is 14.9 Å². The largest absolute Gasteiger partial charge is 0.455 e. The van der Waals surface area contributed by atoms with E-state index in [2.05, 4.69) is 4.98 Å². The third kappa shape index (κ3) is 4.86. The van der Waals surface area contributed by atoms with Gasteiger partial charge >= 0.3 is 5.97 Å². The molecule has 0 aliphatic rings. The minimum atomic E-state index is -0.713. The maximum absolute atomic E-state index is 13.1. The number of esters is 1. The van der Waals surface area contributed by atoms with Gasteiger partial charge < -0.3 is 9.15 Å². The third-order valence-electron chi connectivity index (χ3n) is 4.66. The Balaban J connectivity index is 1.53. The van der Waals surface area contributed by atoms with Crippen LogP contribution >= 0.6 is 23.1 Å². The summed E-state index contributed by atoms with van der Waals surface area (Å²) in [7, 11) is 0. The highest BCUT2D eigenvalue weighted by Crippen LogP contribution is 2.29. The number of ketones is 1. The van der Waals surface area contributed by atoms with Gasteiger partial charge in [0.1, 0.15) is 18.6 Å². The maximum atomic E-state index is 13.1. The standard InChI is InChI=1S/C23H16N2O6S2/c1-32-19-9-8-14(11-18(19)25(28)29)21(26)16-5-2-3-6-17(16)23(27)31-13-15-12-30-22(24-15)20-7-4-10-33-20/h2-12H,13H2,1H3. The number of ether oxygens (including phenoxy) is 1. The zero-order chi connectivity index (χ0) is 23.4. The molecular formula is C23H16N2O6S2. The Morgan fingerprint density at radius 2 is 1.94 bits per heavy atom. The molecule has 0 aliphatic heterocycles. The van der Waals surface area contributed by atoms with Gasteiger partial charge in [0.15, 0.2) is 5.78 Å². The van der Waals surface area contributed by atoms with Crippen LogP contribution in [0.2, 0.25) is 0 Å². The number of hydrogen-bond acceptors (Lipinski definition) is 9. The molecule has 0 fully saturated rings. The molecule has 0 N–H and O–H groups in total. The molecule has 166 valence electrons. The molecule has 4 aromatic rings. The summed E-state index contributed by atoms with van der Waals surface area (Å²) in [6.45, 7) is -0.135. The number of oxazole rings is 1. The Morgan fingerprint density at radius 3 is 2.64 bits per heavy atom. The maximum Gasteiger partial charge on any atom is 0.339 e. The summed E-state index contributed by atoms with van der Waals surface area (Å²) in [5.74, 6) is -0.795. The topological polar surface area (TPSA) is 113 Å². The number of nitrogens with zero attached hydrogens (tertiary/aromatic N) is 2. The molecule has 0 unspecified atom stereocenters. The van der Waals surface area contributed by atoms with E-state index >= 15 is 0 Å². The van der Waals surface area contributed by atoms with Crippen LogP contribution in [-0.2, 0) is 11.3 Å².